The third kappa shape index (κ3) is 4.72. The molecule has 0 bridgehead atoms. The van der Waals surface area contributed by atoms with Gasteiger partial charge in [0.1, 0.15) is 23.8 Å². The van der Waals surface area contributed by atoms with Crippen LogP contribution in [0, 0.1) is 5.41 Å². The summed E-state index contributed by atoms with van der Waals surface area (Å²) in [6.45, 7) is 6.77. The van der Waals surface area contributed by atoms with Crippen molar-refractivity contribution in [2.45, 2.75) is 46.8 Å². The average molecular weight is 593 g/mol. The van der Waals surface area contributed by atoms with Crippen molar-refractivity contribution in [1.29, 1.82) is 0 Å². The quantitative estimate of drug-likeness (QED) is 0.294. The van der Waals surface area contributed by atoms with Crippen LogP contribution < -0.4 is 15.8 Å². The van der Waals surface area contributed by atoms with Crippen molar-refractivity contribution in [2.24, 2.45) is 12.5 Å². The molecule has 12 nitrogen and oxygen atoms in total. The third-order valence-corrected chi connectivity index (χ3v) is 8.33. The summed E-state index contributed by atoms with van der Waals surface area (Å²) in [7, 11) is 1.65. The number of fused-ring (bicyclic) bond motifs is 4. The van der Waals surface area contributed by atoms with E-state index in [2.05, 4.69) is 33.7 Å². The minimum Gasteiger partial charge on any atom is -0.461 e. The first-order valence-corrected chi connectivity index (χ1v) is 14.5. The summed E-state index contributed by atoms with van der Waals surface area (Å²) < 4.78 is 10.9. The van der Waals surface area contributed by atoms with Crippen molar-refractivity contribution in [3.8, 4) is 11.3 Å². The Bertz CT molecular complexity index is 2040. The molecular weight excluding hydrogens is 560 g/mol. The molecule has 7 rings (SSSR count). The lowest BCUT2D eigenvalue weighted by Crippen LogP contribution is -2.41. The van der Waals surface area contributed by atoms with E-state index in [0.29, 0.717) is 47.1 Å². The highest BCUT2D eigenvalue weighted by molar-refractivity contribution is 6.06. The van der Waals surface area contributed by atoms with E-state index >= 15 is 0 Å². The molecule has 1 aliphatic carbocycles. The molecule has 1 N–H and O–H groups in total. The maximum atomic E-state index is 13.9. The van der Waals surface area contributed by atoms with E-state index in [9.17, 15) is 14.4 Å². The van der Waals surface area contributed by atoms with Crippen LogP contribution in [0.1, 0.15) is 48.1 Å². The zero-order valence-corrected chi connectivity index (χ0v) is 25.0. The number of hydrogen-bond acceptors (Lipinski definition) is 8. The van der Waals surface area contributed by atoms with Gasteiger partial charge in [0.2, 0.25) is 0 Å². The molecule has 0 saturated carbocycles. The number of aromatic nitrogens is 6. The van der Waals surface area contributed by atoms with E-state index in [1.807, 2.05) is 35.0 Å². The molecule has 2 aliphatic rings. The molecule has 0 aromatic carbocycles. The number of pyridine rings is 2. The molecule has 1 amide bonds. The lowest BCUT2D eigenvalue weighted by Gasteiger charge is -2.31. The van der Waals surface area contributed by atoms with E-state index < -0.39 is 5.97 Å². The van der Waals surface area contributed by atoms with Crippen LogP contribution in [-0.4, -0.2) is 46.9 Å². The van der Waals surface area contributed by atoms with Gasteiger partial charge < -0.3 is 23.6 Å². The maximum absolute atomic E-state index is 13.9. The molecule has 44 heavy (non-hydrogen) atoms. The van der Waals surface area contributed by atoms with Gasteiger partial charge in [-0.15, -0.1) is 0 Å². The fourth-order valence-corrected chi connectivity index (χ4v) is 6.33. The van der Waals surface area contributed by atoms with Gasteiger partial charge in [-0.2, -0.15) is 0 Å². The number of amides is 1. The second-order valence-electron chi connectivity index (χ2n) is 12.2. The normalized spacial score (nSPS) is 15.4. The number of imidazole rings is 1. The van der Waals surface area contributed by atoms with Gasteiger partial charge in [-0.3, -0.25) is 19.3 Å². The first-order chi connectivity index (χ1) is 21.1. The van der Waals surface area contributed by atoms with E-state index in [0.717, 1.165) is 18.5 Å². The second kappa shape index (κ2) is 10.2. The summed E-state index contributed by atoms with van der Waals surface area (Å²) in [6.07, 6.45) is 10.4. The molecule has 0 fully saturated rings. The second-order valence-corrected chi connectivity index (χ2v) is 12.2. The first kappa shape index (κ1) is 27.6. The van der Waals surface area contributed by atoms with Gasteiger partial charge in [0.15, 0.2) is 5.82 Å². The summed E-state index contributed by atoms with van der Waals surface area (Å²) in [5.41, 5.74) is 5.98. The molecule has 6 heterocycles. The number of anilines is 3. The Hall–Kier alpha value is -5.26. The summed E-state index contributed by atoms with van der Waals surface area (Å²) >= 11 is 0. The summed E-state index contributed by atoms with van der Waals surface area (Å²) in [4.78, 5) is 54.2. The number of aryl methyl sites for hydroxylation is 1. The fourth-order valence-electron chi connectivity index (χ4n) is 6.33. The Morgan fingerprint density at radius 1 is 1.07 bits per heavy atom. The summed E-state index contributed by atoms with van der Waals surface area (Å²) in [5.74, 6) is -0.0971. The molecule has 0 spiro atoms. The lowest BCUT2D eigenvalue weighted by atomic mass is 9.90. The third-order valence-electron chi connectivity index (χ3n) is 8.33. The van der Waals surface area contributed by atoms with E-state index in [-0.39, 0.29) is 29.3 Å². The Kier molecular flexibility index (Phi) is 6.38. The van der Waals surface area contributed by atoms with Gasteiger partial charge in [0, 0.05) is 74.9 Å². The van der Waals surface area contributed by atoms with Crippen molar-refractivity contribution in [1.82, 2.24) is 28.5 Å². The van der Waals surface area contributed by atoms with Crippen LogP contribution in [0.3, 0.4) is 0 Å². The van der Waals surface area contributed by atoms with Gasteiger partial charge in [-0.05, 0) is 48.1 Å². The highest BCUT2D eigenvalue weighted by Crippen LogP contribution is 2.40. The van der Waals surface area contributed by atoms with Crippen LogP contribution in [-0.2, 0) is 42.6 Å². The average Bonchev–Trinajstić information content (AvgIpc) is 3.66. The molecular formula is C32H32N8O4. The fraction of sp³-hybridized carbons (Fsp3) is 0.312. The summed E-state index contributed by atoms with van der Waals surface area (Å²) in [5, 5.41) is 3.13. The number of nitrogens with one attached hydrogen (secondary N) is 1. The number of carbonyl (C=O) groups is 2. The molecule has 0 saturated heterocycles. The van der Waals surface area contributed by atoms with Gasteiger partial charge in [-0.1, -0.05) is 13.8 Å². The van der Waals surface area contributed by atoms with Crippen molar-refractivity contribution in [3.05, 3.63) is 88.1 Å². The Labute approximate surface area is 253 Å². The predicted octanol–water partition coefficient (Wildman–Crippen LogP) is 3.88. The Morgan fingerprint density at radius 2 is 1.91 bits per heavy atom. The largest absolute Gasteiger partial charge is 0.461 e. The lowest BCUT2D eigenvalue weighted by molar-refractivity contribution is -0.142. The SMILES string of the molecule is CC(=O)OCc1c(-c2cn(C)c(=O)c(Nc3ccc4nccn4c3)n2)ccnc1N1CCn2c(cc3c2CC(C)(C)C3)C1=O. The highest BCUT2D eigenvalue weighted by atomic mass is 16.5. The molecule has 0 unspecified atom stereocenters. The topological polar surface area (TPSA) is 129 Å². The number of ether oxygens (including phenoxy) is 1. The number of hydrogen-bond donors (Lipinski definition) is 1. The van der Waals surface area contributed by atoms with Gasteiger partial charge >= 0.3 is 5.97 Å². The minimum absolute atomic E-state index is 0.116. The van der Waals surface area contributed by atoms with Crippen LogP contribution in [0.15, 0.2) is 60.0 Å². The first-order valence-electron chi connectivity index (χ1n) is 14.5. The summed E-state index contributed by atoms with van der Waals surface area (Å²) in [6, 6.07) is 7.43. The maximum Gasteiger partial charge on any atom is 0.302 e. The molecule has 1 aliphatic heterocycles. The van der Waals surface area contributed by atoms with Crippen LogP contribution in [0.4, 0.5) is 17.3 Å². The molecule has 0 radical (unpaired) electrons. The van der Waals surface area contributed by atoms with Crippen molar-refractivity contribution >= 4 is 34.8 Å². The predicted molar refractivity (Wildman–Crippen MR) is 164 cm³/mol. The van der Waals surface area contributed by atoms with Gasteiger partial charge in [0.05, 0.1) is 11.4 Å². The molecule has 5 aromatic heterocycles. The Balaban J connectivity index is 1.28. The van der Waals surface area contributed by atoms with Crippen LogP contribution >= 0.6 is 0 Å². The van der Waals surface area contributed by atoms with Crippen LogP contribution in [0.2, 0.25) is 0 Å². The van der Waals surface area contributed by atoms with E-state index in [1.54, 1.807) is 36.6 Å². The van der Waals surface area contributed by atoms with Crippen LogP contribution in [0.25, 0.3) is 16.9 Å². The number of nitrogens with zero attached hydrogens (tertiary/aromatic N) is 7. The Morgan fingerprint density at radius 3 is 2.73 bits per heavy atom. The molecule has 0 atom stereocenters. The highest BCUT2D eigenvalue weighted by Gasteiger charge is 2.37. The standard InChI is InChI=1S/C32H32N8O4/c1-19(41)44-18-23-22(24-17-37(4)31(43)28(36-24)35-21-5-6-27-33-9-10-38(27)16-21)7-8-34-29(23)40-12-11-39-25(30(40)42)13-20-14-32(2,3)15-26(20)39/h5-10,13,16-17H,11-12,14-15,18H2,1-4H3,(H,35,36). The smallest absolute Gasteiger partial charge is 0.302 e. The van der Waals surface area contributed by atoms with Gasteiger partial charge in [0.25, 0.3) is 11.5 Å². The van der Waals surface area contributed by atoms with Crippen LogP contribution in [0.5, 0.6) is 0 Å². The van der Waals surface area contributed by atoms with Crippen molar-refractivity contribution in [2.75, 3.05) is 16.8 Å². The zero-order valence-electron chi connectivity index (χ0n) is 25.0. The van der Waals surface area contributed by atoms with E-state index in [1.165, 1.54) is 22.7 Å². The molecule has 224 valence electrons. The van der Waals surface area contributed by atoms with Gasteiger partial charge in [-0.25, -0.2) is 15.0 Å². The van der Waals surface area contributed by atoms with Crippen molar-refractivity contribution < 1.29 is 14.3 Å². The number of carbonyl (C=O) groups excluding carboxylic acids is 2. The monoisotopic (exact) mass is 592 g/mol. The molecule has 5 aromatic rings. The molecule has 12 heteroatoms. The van der Waals surface area contributed by atoms with Crippen molar-refractivity contribution in [3.63, 3.8) is 0 Å². The van der Waals surface area contributed by atoms with E-state index in [4.69, 9.17) is 9.72 Å². The minimum atomic E-state index is -0.464. The zero-order chi connectivity index (χ0) is 30.7. The number of rotatable bonds is 6. The number of esters is 1.